The van der Waals surface area contributed by atoms with E-state index in [1.807, 2.05) is 0 Å². The SMILES string of the molecule is O=C(O)CC1CS(=O)(=O)CCN1C(=O)[C@H]1CCCN1. The molecule has 8 heteroatoms. The number of amides is 1. The first kappa shape index (κ1) is 14.3. The van der Waals surface area contributed by atoms with Crippen LogP contribution >= 0.6 is 0 Å². The predicted octanol–water partition coefficient (Wildman–Crippen LogP) is -1.16. The van der Waals surface area contributed by atoms with Gasteiger partial charge in [0.15, 0.2) is 9.84 Å². The van der Waals surface area contributed by atoms with E-state index in [0.717, 1.165) is 19.4 Å². The van der Waals surface area contributed by atoms with Gasteiger partial charge in [-0.05, 0) is 19.4 Å². The minimum absolute atomic E-state index is 0.0818. The van der Waals surface area contributed by atoms with Crippen LogP contribution in [-0.4, -0.2) is 67.0 Å². The molecule has 0 aromatic carbocycles. The van der Waals surface area contributed by atoms with Crippen LogP contribution in [0.2, 0.25) is 0 Å². The molecule has 7 nitrogen and oxygen atoms in total. The van der Waals surface area contributed by atoms with Crippen LogP contribution in [0.4, 0.5) is 0 Å². The Morgan fingerprint density at radius 1 is 1.37 bits per heavy atom. The highest BCUT2D eigenvalue weighted by Crippen LogP contribution is 2.18. The zero-order valence-electron chi connectivity index (χ0n) is 10.5. The van der Waals surface area contributed by atoms with Crippen molar-refractivity contribution in [2.24, 2.45) is 0 Å². The van der Waals surface area contributed by atoms with Gasteiger partial charge in [0.1, 0.15) is 0 Å². The Kier molecular flexibility index (Phi) is 4.10. The third kappa shape index (κ3) is 3.44. The summed E-state index contributed by atoms with van der Waals surface area (Å²) in [6.45, 7) is 0.865. The molecule has 0 aromatic rings. The van der Waals surface area contributed by atoms with Gasteiger partial charge in [0.25, 0.3) is 0 Å². The Labute approximate surface area is 111 Å². The Morgan fingerprint density at radius 3 is 2.68 bits per heavy atom. The number of hydrogen-bond donors (Lipinski definition) is 2. The Bertz CT molecular complexity index is 469. The van der Waals surface area contributed by atoms with Crippen molar-refractivity contribution in [3.05, 3.63) is 0 Å². The third-order valence-electron chi connectivity index (χ3n) is 3.58. The lowest BCUT2D eigenvalue weighted by Crippen LogP contribution is -2.56. The van der Waals surface area contributed by atoms with Crippen molar-refractivity contribution in [3.8, 4) is 0 Å². The standard InChI is InChI=1S/C11H18N2O5S/c14-10(15)6-8-7-19(17,18)5-4-13(8)11(16)9-2-1-3-12-9/h8-9,12H,1-7H2,(H,14,15)/t8?,9-/m1/s1. The molecule has 2 atom stereocenters. The van der Waals surface area contributed by atoms with Gasteiger partial charge in [-0.3, -0.25) is 9.59 Å². The average molecular weight is 290 g/mol. The quantitative estimate of drug-likeness (QED) is 0.679. The summed E-state index contributed by atoms with van der Waals surface area (Å²) in [4.78, 5) is 24.5. The van der Waals surface area contributed by atoms with E-state index in [-0.39, 0.29) is 36.4 Å². The molecule has 108 valence electrons. The Hall–Kier alpha value is -1.15. The molecule has 0 spiro atoms. The zero-order chi connectivity index (χ0) is 14.0. The van der Waals surface area contributed by atoms with Gasteiger partial charge < -0.3 is 15.3 Å². The van der Waals surface area contributed by atoms with Gasteiger partial charge in [0, 0.05) is 6.54 Å². The van der Waals surface area contributed by atoms with E-state index in [4.69, 9.17) is 5.11 Å². The van der Waals surface area contributed by atoms with Crippen LogP contribution in [0, 0.1) is 0 Å². The fourth-order valence-electron chi connectivity index (χ4n) is 2.64. The van der Waals surface area contributed by atoms with E-state index in [0.29, 0.717) is 0 Å². The number of sulfone groups is 1. The average Bonchev–Trinajstić information content (AvgIpc) is 2.79. The van der Waals surface area contributed by atoms with E-state index in [1.54, 1.807) is 0 Å². The summed E-state index contributed by atoms with van der Waals surface area (Å²) in [5.74, 6) is -1.59. The molecule has 2 saturated heterocycles. The molecule has 0 radical (unpaired) electrons. The van der Waals surface area contributed by atoms with E-state index < -0.39 is 21.8 Å². The lowest BCUT2D eigenvalue weighted by atomic mass is 10.1. The number of aliphatic carboxylic acids is 1. The molecule has 2 N–H and O–H groups in total. The van der Waals surface area contributed by atoms with Crippen molar-refractivity contribution in [3.63, 3.8) is 0 Å². The predicted molar refractivity (Wildman–Crippen MR) is 67.4 cm³/mol. The van der Waals surface area contributed by atoms with Gasteiger partial charge in [-0.2, -0.15) is 0 Å². The first-order chi connectivity index (χ1) is 8.89. The van der Waals surface area contributed by atoms with Gasteiger partial charge in [-0.25, -0.2) is 8.42 Å². The molecule has 2 rings (SSSR count). The van der Waals surface area contributed by atoms with Gasteiger partial charge in [-0.15, -0.1) is 0 Å². The second-order valence-electron chi connectivity index (χ2n) is 5.05. The summed E-state index contributed by atoms with van der Waals surface area (Å²) in [6.07, 6.45) is 1.31. The lowest BCUT2D eigenvalue weighted by Gasteiger charge is -2.36. The van der Waals surface area contributed by atoms with Crippen molar-refractivity contribution in [2.45, 2.75) is 31.3 Å². The fourth-order valence-corrected chi connectivity index (χ4v) is 4.17. The smallest absolute Gasteiger partial charge is 0.305 e. The number of rotatable bonds is 3. The molecule has 0 bridgehead atoms. The molecular weight excluding hydrogens is 272 g/mol. The largest absolute Gasteiger partial charge is 0.481 e. The number of nitrogens with zero attached hydrogens (tertiary/aromatic N) is 1. The first-order valence-electron chi connectivity index (χ1n) is 6.35. The number of carboxylic acids is 1. The highest BCUT2D eigenvalue weighted by molar-refractivity contribution is 7.91. The summed E-state index contributed by atoms with van der Waals surface area (Å²) >= 11 is 0. The molecule has 2 aliphatic rings. The lowest BCUT2D eigenvalue weighted by molar-refractivity contribution is -0.141. The van der Waals surface area contributed by atoms with Crippen LogP contribution in [0.15, 0.2) is 0 Å². The molecule has 2 aliphatic heterocycles. The molecular formula is C11H18N2O5S. The van der Waals surface area contributed by atoms with E-state index >= 15 is 0 Å². The van der Waals surface area contributed by atoms with Crippen LogP contribution in [0.5, 0.6) is 0 Å². The van der Waals surface area contributed by atoms with Crippen LogP contribution in [0.3, 0.4) is 0 Å². The van der Waals surface area contributed by atoms with Crippen molar-refractivity contribution >= 4 is 21.7 Å². The second-order valence-corrected chi connectivity index (χ2v) is 7.28. The van der Waals surface area contributed by atoms with Crippen LogP contribution in [0.25, 0.3) is 0 Å². The number of hydrogen-bond acceptors (Lipinski definition) is 5. The maximum atomic E-state index is 12.3. The minimum Gasteiger partial charge on any atom is -0.481 e. The molecule has 1 unspecified atom stereocenters. The van der Waals surface area contributed by atoms with Crippen LogP contribution in [-0.2, 0) is 19.4 Å². The van der Waals surface area contributed by atoms with Gasteiger partial charge in [0.05, 0.1) is 30.0 Å². The zero-order valence-corrected chi connectivity index (χ0v) is 11.4. The Morgan fingerprint density at radius 2 is 2.11 bits per heavy atom. The van der Waals surface area contributed by atoms with Crippen molar-refractivity contribution in [1.29, 1.82) is 0 Å². The summed E-state index contributed by atoms with van der Waals surface area (Å²) in [5, 5.41) is 11.9. The highest BCUT2D eigenvalue weighted by atomic mass is 32.2. The minimum atomic E-state index is -3.25. The van der Waals surface area contributed by atoms with Crippen molar-refractivity contribution in [2.75, 3.05) is 24.6 Å². The number of carbonyl (C=O) groups is 2. The molecule has 2 heterocycles. The van der Waals surface area contributed by atoms with Gasteiger partial charge in [0.2, 0.25) is 5.91 Å². The molecule has 0 aliphatic carbocycles. The van der Waals surface area contributed by atoms with E-state index in [2.05, 4.69) is 5.32 Å². The molecule has 19 heavy (non-hydrogen) atoms. The highest BCUT2D eigenvalue weighted by Gasteiger charge is 2.38. The van der Waals surface area contributed by atoms with E-state index in [1.165, 1.54) is 4.90 Å². The Balaban J connectivity index is 2.11. The van der Waals surface area contributed by atoms with Crippen molar-refractivity contribution < 1.29 is 23.1 Å². The molecule has 1 amide bonds. The summed E-state index contributed by atoms with van der Waals surface area (Å²) in [7, 11) is -3.25. The number of nitrogens with one attached hydrogen (secondary N) is 1. The summed E-state index contributed by atoms with van der Waals surface area (Å²) in [6, 6.07) is -1.04. The van der Waals surface area contributed by atoms with Crippen LogP contribution in [0.1, 0.15) is 19.3 Å². The fraction of sp³-hybridized carbons (Fsp3) is 0.818. The topological polar surface area (TPSA) is 104 Å². The number of carboxylic acid groups (broad SMARTS) is 1. The molecule has 0 aromatic heterocycles. The molecule has 2 fully saturated rings. The van der Waals surface area contributed by atoms with E-state index in [9.17, 15) is 18.0 Å². The molecule has 0 saturated carbocycles. The third-order valence-corrected chi connectivity index (χ3v) is 5.28. The summed E-state index contributed by atoms with van der Waals surface area (Å²) < 4.78 is 23.2. The van der Waals surface area contributed by atoms with Gasteiger partial charge >= 0.3 is 5.97 Å². The van der Waals surface area contributed by atoms with Crippen LogP contribution < -0.4 is 5.32 Å². The second kappa shape index (κ2) is 5.46. The maximum Gasteiger partial charge on any atom is 0.305 e. The monoisotopic (exact) mass is 290 g/mol. The first-order valence-corrected chi connectivity index (χ1v) is 8.17. The normalized spacial score (nSPS) is 30.2. The summed E-state index contributed by atoms with van der Waals surface area (Å²) in [5.41, 5.74) is 0. The van der Waals surface area contributed by atoms with Gasteiger partial charge in [-0.1, -0.05) is 0 Å². The van der Waals surface area contributed by atoms with Crippen molar-refractivity contribution in [1.82, 2.24) is 10.2 Å². The maximum absolute atomic E-state index is 12.3. The number of carbonyl (C=O) groups excluding carboxylic acids is 1.